The van der Waals surface area contributed by atoms with Crippen LogP contribution in [0, 0.1) is 6.92 Å². The molecule has 30 heavy (non-hydrogen) atoms. The fourth-order valence-electron chi connectivity index (χ4n) is 4.04. The number of nitrogens with zero attached hydrogens (tertiary/aromatic N) is 2. The maximum Gasteiger partial charge on any atom is 0.264 e. The van der Waals surface area contributed by atoms with Gasteiger partial charge in [0.1, 0.15) is 0 Å². The number of hydrogen-bond donors (Lipinski definition) is 0. The van der Waals surface area contributed by atoms with E-state index in [0.717, 1.165) is 17.7 Å². The minimum atomic E-state index is -3.67. The molecule has 0 aliphatic carbocycles. The lowest BCUT2D eigenvalue weighted by Crippen LogP contribution is -2.35. The third-order valence-corrected chi connectivity index (χ3v) is 7.40. The van der Waals surface area contributed by atoms with Crippen molar-refractivity contribution >= 4 is 27.3 Å². The van der Waals surface area contributed by atoms with E-state index in [4.69, 9.17) is 0 Å². The number of carbonyl (C=O) groups excluding carboxylic acids is 1. The van der Waals surface area contributed by atoms with Gasteiger partial charge in [0.25, 0.3) is 15.9 Å². The highest BCUT2D eigenvalue weighted by atomic mass is 32.2. The molecule has 0 radical (unpaired) electrons. The van der Waals surface area contributed by atoms with Crippen LogP contribution in [0.4, 0.5) is 11.4 Å². The molecule has 1 amide bonds. The smallest absolute Gasteiger partial charge is 0.264 e. The molecule has 0 saturated heterocycles. The summed E-state index contributed by atoms with van der Waals surface area (Å²) in [4.78, 5) is 15.3. The lowest BCUT2D eigenvalue weighted by atomic mass is 10.1. The third kappa shape index (κ3) is 3.37. The Balaban J connectivity index is 1.65. The van der Waals surface area contributed by atoms with Crippen LogP contribution in [0.2, 0.25) is 0 Å². The Morgan fingerprint density at radius 2 is 1.67 bits per heavy atom. The van der Waals surface area contributed by atoms with Gasteiger partial charge in [-0.2, -0.15) is 0 Å². The summed E-state index contributed by atoms with van der Waals surface area (Å²) in [7, 11) is -2.14. The second-order valence-electron chi connectivity index (χ2n) is 7.64. The van der Waals surface area contributed by atoms with Crippen LogP contribution in [0.25, 0.3) is 0 Å². The Kier molecular flexibility index (Phi) is 5.12. The largest absolute Gasteiger partial charge is 0.305 e. The number of benzene rings is 3. The van der Waals surface area contributed by atoms with E-state index in [1.54, 1.807) is 48.5 Å². The van der Waals surface area contributed by atoms with Crippen LogP contribution in [-0.2, 0) is 16.4 Å². The van der Waals surface area contributed by atoms with Crippen LogP contribution in [0.1, 0.15) is 28.4 Å². The summed E-state index contributed by atoms with van der Waals surface area (Å²) >= 11 is 0. The fraction of sp³-hybridized carbons (Fsp3) is 0.208. The van der Waals surface area contributed by atoms with Crippen molar-refractivity contribution < 1.29 is 13.2 Å². The van der Waals surface area contributed by atoms with Crippen molar-refractivity contribution in [3.63, 3.8) is 0 Å². The van der Waals surface area contributed by atoms with E-state index in [1.807, 2.05) is 36.9 Å². The molecule has 4 rings (SSSR count). The molecule has 0 aromatic heterocycles. The van der Waals surface area contributed by atoms with Gasteiger partial charge >= 0.3 is 0 Å². The molecule has 1 heterocycles. The Hall–Kier alpha value is -3.12. The first-order valence-electron chi connectivity index (χ1n) is 9.87. The van der Waals surface area contributed by atoms with Crippen molar-refractivity contribution in [3.8, 4) is 0 Å². The van der Waals surface area contributed by atoms with Crippen molar-refractivity contribution in [2.24, 2.45) is 0 Å². The van der Waals surface area contributed by atoms with E-state index in [9.17, 15) is 13.2 Å². The second-order valence-corrected chi connectivity index (χ2v) is 9.61. The summed E-state index contributed by atoms with van der Waals surface area (Å²) in [5.41, 5.74) is 3.93. The number of aryl methyl sites for hydroxylation is 1. The molecule has 0 fully saturated rings. The van der Waals surface area contributed by atoms with Crippen LogP contribution in [0.3, 0.4) is 0 Å². The van der Waals surface area contributed by atoms with E-state index < -0.39 is 10.0 Å². The van der Waals surface area contributed by atoms with Gasteiger partial charge in [-0.25, -0.2) is 8.42 Å². The molecule has 3 aromatic carbocycles. The van der Waals surface area contributed by atoms with Crippen molar-refractivity contribution in [3.05, 3.63) is 89.5 Å². The van der Waals surface area contributed by atoms with E-state index in [-0.39, 0.29) is 16.8 Å². The lowest BCUT2D eigenvalue weighted by molar-refractivity contribution is 0.0981. The zero-order chi connectivity index (χ0) is 21.5. The molecule has 5 nitrogen and oxygen atoms in total. The third-order valence-electron chi connectivity index (χ3n) is 5.61. The monoisotopic (exact) mass is 420 g/mol. The van der Waals surface area contributed by atoms with Gasteiger partial charge in [-0.15, -0.1) is 0 Å². The van der Waals surface area contributed by atoms with Crippen molar-refractivity contribution in [2.45, 2.75) is 31.2 Å². The highest BCUT2D eigenvalue weighted by Gasteiger charge is 2.31. The second kappa shape index (κ2) is 7.61. The Morgan fingerprint density at radius 1 is 1.00 bits per heavy atom. The number of para-hydroxylation sites is 1. The van der Waals surface area contributed by atoms with E-state index in [0.29, 0.717) is 11.3 Å². The Bertz CT molecular complexity index is 1210. The minimum Gasteiger partial charge on any atom is -0.305 e. The molecule has 6 heteroatoms. The Labute approximate surface area is 177 Å². The first-order chi connectivity index (χ1) is 14.3. The molecule has 1 unspecified atom stereocenters. The number of amides is 1. The van der Waals surface area contributed by atoms with Crippen molar-refractivity contribution in [2.75, 3.05) is 16.3 Å². The van der Waals surface area contributed by atoms with Crippen LogP contribution in [-0.4, -0.2) is 27.4 Å². The summed E-state index contributed by atoms with van der Waals surface area (Å²) in [6.45, 7) is 3.86. The minimum absolute atomic E-state index is 0.0735. The summed E-state index contributed by atoms with van der Waals surface area (Å²) in [6.07, 6.45) is 0.830. The topological polar surface area (TPSA) is 57.7 Å². The molecule has 1 aliphatic heterocycles. The van der Waals surface area contributed by atoms with Gasteiger partial charge in [0.05, 0.1) is 10.6 Å². The number of carbonyl (C=O) groups is 1. The van der Waals surface area contributed by atoms with Gasteiger partial charge < -0.3 is 4.90 Å². The summed E-state index contributed by atoms with van der Waals surface area (Å²) in [5.74, 6) is -0.0735. The van der Waals surface area contributed by atoms with Gasteiger partial charge in [-0.1, -0.05) is 36.4 Å². The number of sulfonamides is 1. The number of fused-ring (bicyclic) bond motifs is 1. The van der Waals surface area contributed by atoms with Gasteiger partial charge in [0.15, 0.2) is 0 Å². The highest BCUT2D eigenvalue weighted by molar-refractivity contribution is 7.92. The summed E-state index contributed by atoms with van der Waals surface area (Å²) < 4.78 is 27.2. The number of anilines is 2. The average Bonchev–Trinajstić information content (AvgIpc) is 3.09. The molecule has 0 N–H and O–H groups in total. The molecule has 0 spiro atoms. The molecular weight excluding hydrogens is 396 g/mol. The zero-order valence-corrected chi connectivity index (χ0v) is 18.1. The summed E-state index contributed by atoms with van der Waals surface area (Å²) in [5, 5.41) is 0. The standard InChI is InChI=1S/C24H24N2O3S/c1-17-15-20(24(27)26-18(2)16-19-9-7-8-12-23(19)26)13-14-22(17)25(3)30(28,29)21-10-5-4-6-11-21/h4-15,18H,16H2,1-3H3. The van der Waals surface area contributed by atoms with Crippen LogP contribution < -0.4 is 9.21 Å². The molecule has 3 aromatic rings. The molecule has 0 bridgehead atoms. The maximum atomic E-state index is 13.3. The molecule has 1 atom stereocenters. The quantitative estimate of drug-likeness (QED) is 0.628. The maximum absolute atomic E-state index is 13.3. The Morgan fingerprint density at radius 3 is 2.37 bits per heavy atom. The van der Waals surface area contributed by atoms with Crippen molar-refractivity contribution in [1.82, 2.24) is 0 Å². The predicted molar refractivity (Wildman–Crippen MR) is 120 cm³/mol. The van der Waals surface area contributed by atoms with Gasteiger partial charge in [-0.3, -0.25) is 9.10 Å². The van der Waals surface area contributed by atoms with E-state index in [1.165, 1.54) is 16.9 Å². The lowest BCUT2D eigenvalue weighted by Gasteiger charge is -2.25. The van der Waals surface area contributed by atoms with Crippen LogP contribution in [0.5, 0.6) is 0 Å². The van der Waals surface area contributed by atoms with Crippen LogP contribution in [0.15, 0.2) is 77.7 Å². The van der Waals surface area contributed by atoms with Gasteiger partial charge in [0, 0.05) is 24.3 Å². The zero-order valence-electron chi connectivity index (χ0n) is 17.2. The van der Waals surface area contributed by atoms with Gasteiger partial charge in [0.2, 0.25) is 0 Å². The highest BCUT2D eigenvalue weighted by Crippen LogP contribution is 2.34. The fourth-order valence-corrected chi connectivity index (χ4v) is 5.32. The number of hydrogen-bond acceptors (Lipinski definition) is 3. The molecule has 154 valence electrons. The normalized spacial score (nSPS) is 15.7. The molecular formula is C24H24N2O3S. The molecule has 0 saturated carbocycles. The van der Waals surface area contributed by atoms with Crippen molar-refractivity contribution in [1.29, 1.82) is 0 Å². The SMILES string of the molecule is Cc1cc(C(=O)N2c3ccccc3CC2C)ccc1N(C)S(=O)(=O)c1ccccc1. The number of rotatable bonds is 4. The van der Waals surface area contributed by atoms with Crippen LogP contribution >= 0.6 is 0 Å². The predicted octanol–water partition coefficient (Wildman–Crippen LogP) is 4.41. The summed E-state index contributed by atoms with van der Waals surface area (Å²) in [6, 6.07) is 21.5. The molecule has 1 aliphatic rings. The van der Waals surface area contributed by atoms with E-state index >= 15 is 0 Å². The first kappa shape index (κ1) is 20.2. The van der Waals surface area contributed by atoms with E-state index in [2.05, 4.69) is 6.07 Å². The first-order valence-corrected chi connectivity index (χ1v) is 11.3. The average molecular weight is 421 g/mol. The van der Waals surface area contributed by atoms with Gasteiger partial charge in [-0.05, 0) is 67.8 Å².